The van der Waals surface area contributed by atoms with E-state index in [1.54, 1.807) is 18.7 Å². The number of carbonyl (C=O) groups is 2. The van der Waals surface area contributed by atoms with E-state index >= 15 is 0 Å². The van der Waals surface area contributed by atoms with Crippen LogP contribution in [0.15, 0.2) is 101 Å². The summed E-state index contributed by atoms with van der Waals surface area (Å²) in [4.78, 5) is 26.4. The fourth-order valence-corrected chi connectivity index (χ4v) is 3.30. The molecular weight excluding hydrogens is 340 g/mol. The lowest BCUT2D eigenvalue weighted by molar-refractivity contribution is 0.102. The molecular formula is C23H18O2S. The van der Waals surface area contributed by atoms with Crippen LogP contribution < -0.4 is 0 Å². The van der Waals surface area contributed by atoms with E-state index in [0.29, 0.717) is 22.3 Å². The van der Waals surface area contributed by atoms with Crippen molar-refractivity contribution in [3.63, 3.8) is 0 Å². The van der Waals surface area contributed by atoms with Crippen molar-refractivity contribution in [1.29, 1.82) is 0 Å². The second-order valence-corrected chi connectivity index (χ2v) is 7.10. The topological polar surface area (TPSA) is 34.1 Å². The third kappa shape index (κ3) is 4.19. The number of allylic oxidation sites excluding steroid dienone is 1. The molecule has 0 amide bonds. The molecule has 0 atom stereocenters. The molecule has 0 saturated carbocycles. The summed E-state index contributed by atoms with van der Waals surface area (Å²) in [7, 11) is 0. The van der Waals surface area contributed by atoms with Gasteiger partial charge in [-0.1, -0.05) is 48.7 Å². The minimum Gasteiger partial charge on any atom is -0.289 e. The zero-order valence-electron chi connectivity index (χ0n) is 14.4. The predicted octanol–water partition coefficient (Wildman–Crippen LogP) is 5.83. The molecule has 128 valence electrons. The first-order valence-corrected chi connectivity index (χ1v) is 9.04. The average Bonchev–Trinajstić information content (AvgIpc) is 2.68. The van der Waals surface area contributed by atoms with Crippen LogP contribution in [-0.2, 0) is 0 Å². The highest BCUT2D eigenvalue weighted by Gasteiger charge is 2.09. The summed E-state index contributed by atoms with van der Waals surface area (Å²) in [6.45, 7) is 5.40. The van der Waals surface area contributed by atoms with Gasteiger partial charge in [-0.2, -0.15) is 0 Å². The summed E-state index contributed by atoms with van der Waals surface area (Å²) in [6.07, 6.45) is 0. The third-order valence-electron chi connectivity index (χ3n) is 3.89. The van der Waals surface area contributed by atoms with Crippen LogP contribution in [0.25, 0.3) is 0 Å². The zero-order chi connectivity index (χ0) is 18.5. The van der Waals surface area contributed by atoms with E-state index < -0.39 is 0 Å². The van der Waals surface area contributed by atoms with Gasteiger partial charge in [0.15, 0.2) is 11.6 Å². The van der Waals surface area contributed by atoms with Gasteiger partial charge in [0.2, 0.25) is 0 Å². The summed E-state index contributed by atoms with van der Waals surface area (Å²) in [5.74, 6) is -0.0184. The first-order valence-electron chi connectivity index (χ1n) is 8.22. The number of carbonyl (C=O) groups excluding carboxylic acids is 2. The Labute approximate surface area is 157 Å². The summed E-state index contributed by atoms with van der Waals surface area (Å²) in [5.41, 5.74) is 2.53. The van der Waals surface area contributed by atoms with Crippen molar-refractivity contribution in [3.05, 3.63) is 108 Å². The largest absolute Gasteiger partial charge is 0.289 e. The van der Waals surface area contributed by atoms with E-state index in [0.717, 1.165) is 9.79 Å². The first kappa shape index (κ1) is 17.9. The SMILES string of the molecule is C=C(C)C(=O)c1ccc(Sc2ccc(C(=O)c3ccccc3)cc2)cc1. The molecule has 0 N–H and O–H groups in total. The van der Waals surface area contributed by atoms with Crippen molar-refractivity contribution in [1.82, 2.24) is 0 Å². The van der Waals surface area contributed by atoms with Crippen molar-refractivity contribution in [3.8, 4) is 0 Å². The maximum atomic E-state index is 12.4. The van der Waals surface area contributed by atoms with Gasteiger partial charge in [-0.3, -0.25) is 9.59 Å². The third-order valence-corrected chi connectivity index (χ3v) is 4.91. The van der Waals surface area contributed by atoms with Crippen LogP contribution in [0.4, 0.5) is 0 Å². The molecule has 0 bridgehead atoms. The van der Waals surface area contributed by atoms with Crippen LogP contribution in [0.1, 0.15) is 33.2 Å². The lowest BCUT2D eigenvalue weighted by Gasteiger charge is -2.05. The van der Waals surface area contributed by atoms with Crippen molar-refractivity contribution in [2.75, 3.05) is 0 Å². The van der Waals surface area contributed by atoms with E-state index in [4.69, 9.17) is 0 Å². The monoisotopic (exact) mass is 358 g/mol. The Hall–Kier alpha value is -2.91. The van der Waals surface area contributed by atoms with Crippen LogP contribution >= 0.6 is 11.8 Å². The minimum absolute atomic E-state index is 0.0183. The maximum absolute atomic E-state index is 12.4. The van der Waals surface area contributed by atoms with Gasteiger partial charge >= 0.3 is 0 Å². The maximum Gasteiger partial charge on any atom is 0.193 e. The highest BCUT2D eigenvalue weighted by Crippen LogP contribution is 2.28. The molecule has 0 spiro atoms. The molecule has 2 nitrogen and oxygen atoms in total. The Morgan fingerprint density at radius 3 is 1.65 bits per heavy atom. The lowest BCUT2D eigenvalue weighted by atomic mass is 10.0. The number of hydrogen-bond donors (Lipinski definition) is 0. The van der Waals surface area contributed by atoms with Gasteiger partial charge in [0, 0.05) is 26.5 Å². The number of rotatable bonds is 6. The second kappa shape index (κ2) is 7.98. The van der Waals surface area contributed by atoms with Gasteiger partial charge in [-0.25, -0.2) is 0 Å². The van der Waals surface area contributed by atoms with Gasteiger partial charge < -0.3 is 0 Å². The van der Waals surface area contributed by atoms with E-state index in [1.165, 1.54) is 0 Å². The minimum atomic E-state index is -0.0367. The molecule has 0 fully saturated rings. The van der Waals surface area contributed by atoms with Crippen LogP contribution in [0, 0.1) is 0 Å². The highest BCUT2D eigenvalue weighted by atomic mass is 32.2. The number of ketones is 2. The molecule has 3 heteroatoms. The highest BCUT2D eigenvalue weighted by molar-refractivity contribution is 7.99. The van der Waals surface area contributed by atoms with Gasteiger partial charge in [0.25, 0.3) is 0 Å². The van der Waals surface area contributed by atoms with Crippen molar-refractivity contribution >= 4 is 23.3 Å². The fraction of sp³-hybridized carbons (Fsp3) is 0.0435. The van der Waals surface area contributed by atoms with E-state index in [1.807, 2.05) is 78.9 Å². The lowest BCUT2D eigenvalue weighted by Crippen LogP contribution is -2.00. The van der Waals surface area contributed by atoms with Crippen LogP contribution in [0.2, 0.25) is 0 Å². The van der Waals surface area contributed by atoms with Gasteiger partial charge in [0.05, 0.1) is 0 Å². The van der Waals surface area contributed by atoms with Gasteiger partial charge in [0.1, 0.15) is 0 Å². The van der Waals surface area contributed by atoms with Gasteiger partial charge in [-0.05, 0) is 61.0 Å². The molecule has 0 aliphatic rings. The van der Waals surface area contributed by atoms with E-state index in [-0.39, 0.29) is 11.6 Å². The predicted molar refractivity (Wildman–Crippen MR) is 106 cm³/mol. The number of benzene rings is 3. The number of Topliss-reactive ketones (excluding diaryl/α,β-unsaturated/α-hetero) is 1. The molecule has 3 aromatic rings. The molecule has 0 heterocycles. The van der Waals surface area contributed by atoms with Crippen LogP contribution in [0.3, 0.4) is 0 Å². The van der Waals surface area contributed by atoms with E-state index in [9.17, 15) is 9.59 Å². The van der Waals surface area contributed by atoms with Crippen LogP contribution in [-0.4, -0.2) is 11.6 Å². The molecule has 0 unspecified atom stereocenters. The standard InChI is InChI=1S/C23H18O2S/c1-16(2)22(24)18-8-12-20(13-9-18)26-21-14-10-19(11-15-21)23(25)17-6-4-3-5-7-17/h3-15H,1H2,2H3. The summed E-state index contributed by atoms with van der Waals surface area (Å²) >= 11 is 1.59. The molecule has 0 saturated heterocycles. The molecule has 0 radical (unpaired) electrons. The summed E-state index contributed by atoms with van der Waals surface area (Å²) in [6, 6.07) is 24.3. The fourth-order valence-electron chi connectivity index (χ4n) is 2.49. The molecule has 26 heavy (non-hydrogen) atoms. The van der Waals surface area contributed by atoms with Gasteiger partial charge in [-0.15, -0.1) is 0 Å². The summed E-state index contributed by atoms with van der Waals surface area (Å²) < 4.78 is 0. The Balaban J connectivity index is 1.70. The molecule has 0 aliphatic heterocycles. The second-order valence-electron chi connectivity index (χ2n) is 5.96. The molecule has 0 aliphatic carbocycles. The Bertz CT molecular complexity index is 940. The Morgan fingerprint density at radius 2 is 1.15 bits per heavy atom. The first-order chi connectivity index (χ1) is 12.5. The summed E-state index contributed by atoms with van der Waals surface area (Å²) in [5, 5.41) is 0. The average molecular weight is 358 g/mol. The Morgan fingerprint density at radius 1 is 0.692 bits per heavy atom. The normalized spacial score (nSPS) is 10.3. The van der Waals surface area contributed by atoms with Crippen molar-refractivity contribution in [2.24, 2.45) is 0 Å². The zero-order valence-corrected chi connectivity index (χ0v) is 15.3. The smallest absolute Gasteiger partial charge is 0.193 e. The van der Waals surface area contributed by atoms with E-state index in [2.05, 4.69) is 6.58 Å². The van der Waals surface area contributed by atoms with Crippen molar-refractivity contribution < 1.29 is 9.59 Å². The van der Waals surface area contributed by atoms with Crippen LogP contribution in [0.5, 0.6) is 0 Å². The molecule has 3 aromatic carbocycles. The Kier molecular flexibility index (Phi) is 5.49. The molecule has 0 aromatic heterocycles. The van der Waals surface area contributed by atoms with Crippen molar-refractivity contribution in [2.45, 2.75) is 16.7 Å². The quantitative estimate of drug-likeness (QED) is 0.411. The molecule has 3 rings (SSSR count). The number of hydrogen-bond acceptors (Lipinski definition) is 3.